The number of esters is 1. The fourth-order valence-corrected chi connectivity index (χ4v) is 2.35. The molecule has 21 heavy (non-hydrogen) atoms. The van der Waals surface area contributed by atoms with Crippen LogP contribution in [0.3, 0.4) is 0 Å². The van der Waals surface area contributed by atoms with Gasteiger partial charge in [0.2, 0.25) is 0 Å². The Labute approximate surface area is 123 Å². The van der Waals surface area contributed by atoms with Crippen LogP contribution in [0.4, 0.5) is 0 Å². The molecular weight excluding hydrogens is 264 g/mol. The zero-order valence-electron chi connectivity index (χ0n) is 12.3. The van der Waals surface area contributed by atoms with Crippen molar-refractivity contribution in [2.24, 2.45) is 0 Å². The second kappa shape index (κ2) is 5.56. The summed E-state index contributed by atoms with van der Waals surface area (Å²) in [4.78, 5) is 16.5. The maximum Gasteiger partial charge on any atom is 0.338 e. The van der Waals surface area contributed by atoms with Crippen LogP contribution >= 0.6 is 0 Å². The minimum absolute atomic E-state index is 0.283. The van der Waals surface area contributed by atoms with Crippen LogP contribution in [0.25, 0.3) is 16.7 Å². The van der Waals surface area contributed by atoms with Crippen LogP contribution in [-0.4, -0.2) is 22.0 Å². The van der Waals surface area contributed by atoms with Crippen molar-refractivity contribution in [1.82, 2.24) is 9.38 Å². The topological polar surface area (TPSA) is 43.6 Å². The molecule has 4 nitrogen and oxygen atoms in total. The molecule has 0 amide bonds. The summed E-state index contributed by atoms with van der Waals surface area (Å²) >= 11 is 0. The number of fused-ring (bicyclic) bond motifs is 3. The zero-order chi connectivity index (χ0) is 14.8. The lowest BCUT2D eigenvalue weighted by Gasteiger charge is -2.04. The van der Waals surface area contributed by atoms with Gasteiger partial charge in [0.1, 0.15) is 5.65 Å². The first-order valence-corrected chi connectivity index (χ1v) is 7.24. The molecule has 0 fully saturated rings. The first-order valence-electron chi connectivity index (χ1n) is 7.24. The first-order chi connectivity index (χ1) is 10.2. The number of ether oxygens (including phenoxy) is 1. The minimum Gasteiger partial charge on any atom is -0.462 e. The molecule has 0 aliphatic heterocycles. The van der Waals surface area contributed by atoms with Crippen molar-refractivity contribution in [3.63, 3.8) is 0 Å². The van der Waals surface area contributed by atoms with Gasteiger partial charge in [-0.1, -0.05) is 19.4 Å². The molecule has 0 aliphatic rings. The molecule has 0 N–H and O–H groups in total. The average Bonchev–Trinajstić information content (AvgIpc) is 2.83. The van der Waals surface area contributed by atoms with E-state index in [1.165, 1.54) is 5.56 Å². The fourth-order valence-electron chi connectivity index (χ4n) is 2.35. The van der Waals surface area contributed by atoms with Crippen LogP contribution in [0.5, 0.6) is 0 Å². The molecule has 3 rings (SSSR count). The molecule has 1 aromatic carbocycles. The third-order valence-electron chi connectivity index (χ3n) is 3.53. The van der Waals surface area contributed by atoms with Gasteiger partial charge < -0.3 is 4.74 Å². The van der Waals surface area contributed by atoms with E-state index in [9.17, 15) is 4.79 Å². The largest absolute Gasteiger partial charge is 0.462 e. The zero-order valence-corrected chi connectivity index (χ0v) is 12.3. The first kappa shape index (κ1) is 13.6. The van der Waals surface area contributed by atoms with Crippen molar-refractivity contribution < 1.29 is 9.53 Å². The third-order valence-corrected chi connectivity index (χ3v) is 3.53. The summed E-state index contributed by atoms with van der Waals surface area (Å²) in [5, 5.41) is 0. The van der Waals surface area contributed by atoms with Crippen molar-refractivity contribution in [3.8, 4) is 0 Å². The number of unbranched alkanes of at least 4 members (excludes halogenated alkanes) is 1. The van der Waals surface area contributed by atoms with Crippen molar-refractivity contribution in [2.45, 2.75) is 26.7 Å². The van der Waals surface area contributed by atoms with Crippen molar-refractivity contribution in [3.05, 3.63) is 47.7 Å². The molecule has 0 atom stereocenters. The maximum atomic E-state index is 12.0. The summed E-state index contributed by atoms with van der Waals surface area (Å²) < 4.78 is 7.22. The molecule has 0 radical (unpaired) electrons. The highest BCUT2D eigenvalue weighted by atomic mass is 16.5. The molecule has 0 unspecified atom stereocenters. The van der Waals surface area contributed by atoms with Gasteiger partial charge in [0, 0.05) is 6.20 Å². The maximum absolute atomic E-state index is 12.0. The summed E-state index contributed by atoms with van der Waals surface area (Å²) in [5.74, 6) is -0.283. The van der Waals surface area contributed by atoms with E-state index >= 15 is 0 Å². The third kappa shape index (κ3) is 2.61. The molecule has 4 heteroatoms. The Hall–Kier alpha value is -2.36. The fraction of sp³-hybridized carbons (Fsp3) is 0.294. The normalized spacial score (nSPS) is 11.1. The van der Waals surface area contributed by atoms with Gasteiger partial charge in [-0.05, 0) is 43.2 Å². The van der Waals surface area contributed by atoms with E-state index < -0.39 is 0 Å². The van der Waals surface area contributed by atoms with Crippen molar-refractivity contribution in [1.29, 1.82) is 0 Å². The molecule has 0 saturated heterocycles. The molecule has 0 aliphatic carbocycles. The SMILES string of the molecule is CCCCOC(=O)c1ccn2c(c1)nc1cc(C)ccc12. The van der Waals surface area contributed by atoms with E-state index in [4.69, 9.17) is 4.74 Å². The van der Waals surface area contributed by atoms with Gasteiger partial charge in [-0.15, -0.1) is 0 Å². The molecule has 3 aromatic rings. The molecular formula is C17H18N2O2. The van der Waals surface area contributed by atoms with Crippen molar-refractivity contribution in [2.75, 3.05) is 6.61 Å². The number of aromatic nitrogens is 2. The molecule has 0 spiro atoms. The molecule has 0 saturated carbocycles. The quantitative estimate of drug-likeness (QED) is 0.540. The van der Waals surface area contributed by atoms with Gasteiger partial charge in [0.05, 0.1) is 23.2 Å². The lowest BCUT2D eigenvalue weighted by Crippen LogP contribution is -2.06. The number of carbonyl (C=O) groups is 1. The van der Waals surface area contributed by atoms with E-state index in [0.717, 1.165) is 29.5 Å². The van der Waals surface area contributed by atoms with E-state index in [-0.39, 0.29) is 5.97 Å². The summed E-state index contributed by atoms with van der Waals surface area (Å²) in [7, 11) is 0. The second-order valence-corrected chi connectivity index (χ2v) is 5.24. The van der Waals surface area contributed by atoms with Crippen LogP contribution in [0.1, 0.15) is 35.7 Å². The van der Waals surface area contributed by atoms with Crippen LogP contribution in [0.2, 0.25) is 0 Å². The number of imidazole rings is 1. The molecule has 0 bridgehead atoms. The number of pyridine rings is 1. The summed E-state index contributed by atoms with van der Waals surface area (Å²) in [6, 6.07) is 9.71. The highest BCUT2D eigenvalue weighted by molar-refractivity contribution is 5.91. The van der Waals surface area contributed by atoms with E-state index in [2.05, 4.69) is 18.0 Å². The molecule has 2 heterocycles. The van der Waals surface area contributed by atoms with Crippen LogP contribution in [0, 0.1) is 6.92 Å². The number of aryl methyl sites for hydroxylation is 1. The summed E-state index contributed by atoms with van der Waals surface area (Å²) in [5.41, 5.74) is 4.46. The Kier molecular flexibility index (Phi) is 3.60. The number of nitrogens with zero attached hydrogens (tertiary/aromatic N) is 2. The Morgan fingerprint density at radius 2 is 2.14 bits per heavy atom. The van der Waals surface area contributed by atoms with Crippen LogP contribution in [-0.2, 0) is 4.74 Å². The Morgan fingerprint density at radius 3 is 2.95 bits per heavy atom. The van der Waals surface area contributed by atoms with Gasteiger partial charge in [-0.25, -0.2) is 9.78 Å². The number of carbonyl (C=O) groups excluding carboxylic acids is 1. The van der Waals surface area contributed by atoms with Crippen LogP contribution < -0.4 is 0 Å². The highest BCUT2D eigenvalue weighted by Crippen LogP contribution is 2.19. The van der Waals surface area contributed by atoms with Gasteiger partial charge in [-0.2, -0.15) is 0 Å². The average molecular weight is 282 g/mol. The predicted molar refractivity (Wildman–Crippen MR) is 82.6 cm³/mol. The minimum atomic E-state index is -0.283. The summed E-state index contributed by atoms with van der Waals surface area (Å²) in [6.07, 6.45) is 3.77. The highest BCUT2D eigenvalue weighted by Gasteiger charge is 2.10. The van der Waals surface area contributed by atoms with Crippen LogP contribution in [0.15, 0.2) is 36.5 Å². The standard InChI is InChI=1S/C17H18N2O2/c1-3-4-9-21-17(20)13-7-8-19-15-6-5-12(2)10-14(15)18-16(19)11-13/h5-8,10-11H,3-4,9H2,1-2H3. The number of hydrogen-bond acceptors (Lipinski definition) is 3. The Bertz CT molecular complexity index is 805. The number of rotatable bonds is 4. The van der Waals surface area contributed by atoms with Crippen molar-refractivity contribution >= 4 is 22.6 Å². The second-order valence-electron chi connectivity index (χ2n) is 5.24. The molecule has 108 valence electrons. The Balaban J connectivity index is 1.96. The lowest BCUT2D eigenvalue weighted by molar-refractivity contribution is 0.0499. The van der Waals surface area contributed by atoms with E-state index in [0.29, 0.717) is 12.2 Å². The van der Waals surface area contributed by atoms with E-state index in [1.54, 1.807) is 12.1 Å². The van der Waals surface area contributed by atoms with Gasteiger partial charge in [0.25, 0.3) is 0 Å². The predicted octanol–water partition coefficient (Wildman–Crippen LogP) is 3.75. The number of hydrogen-bond donors (Lipinski definition) is 0. The monoisotopic (exact) mass is 282 g/mol. The molecule has 2 aromatic heterocycles. The Morgan fingerprint density at radius 1 is 1.29 bits per heavy atom. The van der Waals surface area contributed by atoms with Gasteiger partial charge in [0.15, 0.2) is 0 Å². The van der Waals surface area contributed by atoms with Gasteiger partial charge in [-0.3, -0.25) is 4.40 Å². The van der Waals surface area contributed by atoms with Gasteiger partial charge >= 0.3 is 5.97 Å². The number of benzene rings is 1. The lowest BCUT2D eigenvalue weighted by atomic mass is 10.2. The summed E-state index contributed by atoms with van der Waals surface area (Å²) in [6.45, 7) is 4.58. The van der Waals surface area contributed by atoms with E-state index in [1.807, 2.05) is 29.7 Å². The smallest absolute Gasteiger partial charge is 0.338 e.